The predicted octanol–water partition coefficient (Wildman–Crippen LogP) is 18.3. The molecule has 0 aromatic carbocycles. The van der Waals surface area contributed by atoms with Crippen LogP contribution in [0.2, 0.25) is 0 Å². The molecule has 0 heterocycles. The first kappa shape index (κ1) is 63.9. The Hall–Kier alpha value is -1.14. The Balaban J connectivity index is 3.30. The maximum Gasteiger partial charge on any atom is 0.305 e. The quantitative estimate of drug-likeness (QED) is 0.0417. The number of ether oxygens (including phenoxy) is 1. The summed E-state index contributed by atoms with van der Waals surface area (Å²) in [4.78, 5) is 24.4. The lowest BCUT2D eigenvalue weighted by atomic mass is 10.0. The molecule has 3 N–H and O–H groups in total. The molecule has 0 rings (SSSR count). The van der Waals surface area contributed by atoms with Crippen molar-refractivity contribution in [2.45, 2.75) is 353 Å². The molecule has 0 saturated carbocycles. The van der Waals surface area contributed by atoms with Crippen molar-refractivity contribution in [3.05, 3.63) is 0 Å². The van der Waals surface area contributed by atoms with Crippen LogP contribution in [0.4, 0.5) is 0 Å². The molecule has 0 aliphatic rings. The third-order valence-electron chi connectivity index (χ3n) is 14.2. The van der Waals surface area contributed by atoms with Gasteiger partial charge in [-0.1, -0.05) is 303 Å². The van der Waals surface area contributed by atoms with Crippen LogP contribution in [-0.4, -0.2) is 47.4 Å². The van der Waals surface area contributed by atoms with Crippen molar-refractivity contribution in [2.24, 2.45) is 0 Å². The van der Waals surface area contributed by atoms with Crippen LogP contribution >= 0.6 is 0 Å². The van der Waals surface area contributed by atoms with Crippen molar-refractivity contribution >= 4 is 11.9 Å². The zero-order chi connectivity index (χ0) is 47.2. The molecule has 0 aliphatic heterocycles. The number of nitrogens with one attached hydrogen (secondary N) is 1. The Bertz CT molecular complexity index is 928. The molecular formula is C59H117NO5. The van der Waals surface area contributed by atoms with E-state index in [0.29, 0.717) is 25.9 Å². The molecule has 0 spiro atoms. The van der Waals surface area contributed by atoms with Crippen LogP contribution < -0.4 is 5.32 Å². The van der Waals surface area contributed by atoms with Gasteiger partial charge in [-0.05, 0) is 25.7 Å². The fourth-order valence-electron chi connectivity index (χ4n) is 9.58. The fourth-order valence-corrected chi connectivity index (χ4v) is 9.58. The van der Waals surface area contributed by atoms with Gasteiger partial charge in [-0.15, -0.1) is 0 Å². The summed E-state index contributed by atoms with van der Waals surface area (Å²) in [5.74, 6) is -0.0137. The lowest BCUT2D eigenvalue weighted by molar-refractivity contribution is -0.143. The van der Waals surface area contributed by atoms with Crippen molar-refractivity contribution in [3.8, 4) is 0 Å². The topological polar surface area (TPSA) is 95.9 Å². The van der Waals surface area contributed by atoms with Crippen LogP contribution in [0.3, 0.4) is 0 Å². The maximum atomic E-state index is 12.4. The second kappa shape index (κ2) is 55.5. The summed E-state index contributed by atoms with van der Waals surface area (Å²) in [6.45, 7) is 4.95. The van der Waals surface area contributed by atoms with Crippen molar-refractivity contribution in [1.82, 2.24) is 5.32 Å². The number of aliphatic hydroxyl groups excluding tert-OH is 2. The zero-order valence-electron chi connectivity index (χ0n) is 44.3. The normalized spacial score (nSPS) is 12.5. The predicted molar refractivity (Wildman–Crippen MR) is 283 cm³/mol. The number of aliphatic hydroxyl groups is 2. The van der Waals surface area contributed by atoms with E-state index >= 15 is 0 Å². The van der Waals surface area contributed by atoms with Gasteiger partial charge in [0.1, 0.15) is 0 Å². The average molecular weight is 921 g/mol. The van der Waals surface area contributed by atoms with Gasteiger partial charge in [-0.25, -0.2) is 0 Å². The van der Waals surface area contributed by atoms with Crippen molar-refractivity contribution in [3.63, 3.8) is 0 Å². The smallest absolute Gasteiger partial charge is 0.305 e. The molecular weight excluding hydrogens is 803 g/mol. The molecule has 6 nitrogen and oxygen atoms in total. The minimum absolute atomic E-state index is 0.0193. The summed E-state index contributed by atoms with van der Waals surface area (Å²) in [7, 11) is 0. The summed E-state index contributed by atoms with van der Waals surface area (Å²) >= 11 is 0. The SMILES string of the molecule is CCCCCCCCCCCCCCC(=O)OCCCCCCCCCCCCCCCCCCCCCCCCCCCCCC(=O)NC(CO)C(O)CCCCCCCCCCC. The minimum Gasteiger partial charge on any atom is -0.466 e. The van der Waals surface area contributed by atoms with E-state index in [-0.39, 0.29) is 18.5 Å². The first-order valence-corrected chi connectivity index (χ1v) is 29.8. The number of carbonyl (C=O) groups excluding carboxylic acids is 2. The van der Waals surface area contributed by atoms with Crippen molar-refractivity contribution < 1.29 is 24.5 Å². The van der Waals surface area contributed by atoms with E-state index in [1.54, 1.807) is 0 Å². The number of hydrogen-bond acceptors (Lipinski definition) is 5. The Morgan fingerprint density at radius 3 is 0.938 bits per heavy atom. The van der Waals surface area contributed by atoms with Crippen LogP contribution in [0.25, 0.3) is 0 Å². The first-order valence-electron chi connectivity index (χ1n) is 29.8. The zero-order valence-corrected chi connectivity index (χ0v) is 44.3. The molecule has 0 radical (unpaired) electrons. The molecule has 0 bridgehead atoms. The van der Waals surface area contributed by atoms with Gasteiger partial charge in [-0.3, -0.25) is 9.59 Å². The monoisotopic (exact) mass is 920 g/mol. The number of unbranched alkanes of at least 4 members (excludes halogenated alkanes) is 45. The van der Waals surface area contributed by atoms with E-state index in [1.807, 2.05) is 0 Å². The van der Waals surface area contributed by atoms with Crippen LogP contribution in [0, 0.1) is 0 Å². The molecule has 65 heavy (non-hydrogen) atoms. The summed E-state index contributed by atoms with van der Waals surface area (Å²) in [5.41, 5.74) is 0. The Morgan fingerprint density at radius 1 is 0.369 bits per heavy atom. The first-order chi connectivity index (χ1) is 32.0. The molecule has 0 saturated heterocycles. The van der Waals surface area contributed by atoms with E-state index in [9.17, 15) is 19.8 Å². The molecule has 388 valence electrons. The van der Waals surface area contributed by atoms with Gasteiger partial charge < -0.3 is 20.3 Å². The summed E-state index contributed by atoms with van der Waals surface area (Å²) < 4.78 is 5.48. The van der Waals surface area contributed by atoms with Crippen LogP contribution in [0.5, 0.6) is 0 Å². The Kier molecular flexibility index (Phi) is 54.5. The standard InChI is InChI=1S/C59H117NO5/c1-3-5-7-9-11-13-14-33-37-41-45-49-53-59(64)65-54-50-46-42-38-34-31-29-27-25-23-21-19-17-15-16-18-20-22-24-26-28-30-32-36-40-44-48-52-58(63)60-56(55-61)57(62)51-47-43-39-35-12-10-8-6-4-2/h56-57,61-62H,3-55H2,1-2H3,(H,60,63). The van der Waals surface area contributed by atoms with Gasteiger partial charge in [0.25, 0.3) is 0 Å². The fraction of sp³-hybridized carbons (Fsp3) is 0.966. The van der Waals surface area contributed by atoms with Gasteiger partial charge in [0.05, 0.1) is 25.4 Å². The lowest BCUT2D eigenvalue weighted by Gasteiger charge is -2.22. The number of esters is 1. The number of rotatable bonds is 56. The molecule has 2 unspecified atom stereocenters. The highest BCUT2D eigenvalue weighted by atomic mass is 16.5. The summed E-state index contributed by atoms with van der Waals surface area (Å²) in [6, 6.07) is -0.535. The highest BCUT2D eigenvalue weighted by Gasteiger charge is 2.20. The van der Waals surface area contributed by atoms with Gasteiger partial charge in [0, 0.05) is 12.8 Å². The van der Waals surface area contributed by atoms with E-state index in [2.05, 4.69) is 19.2 Å². The van der Waals surface area contributed by atoms with E-state index in [4.69, 9.17) is 4.74 Å². The molecule has 2 atom stereocenters. The summed E-state index contributed by atoms with van der Waals surface area (Å²) in [6.07, 6.45) is 64.1. The van der Waals surface area contributed by atoms with E-state index < -0.39 is 12.1 Å². The molecule has 1 amide bonds. The minimum atomic E-state index is -0.658. The maximum absolute atomic E-state index is 12.4. The molecule has 0 aromatic heterocycles. The van der Waals surface area contributed by atoms with E-state index in [1.165, 1.54) is 270 Å². The lowest BCUT2D eigenvalue weighted by Crippen LogP contribution is -2.45. The van der Waals surface area contributed by atoms with Crippen molar-refractivity contribution in [2.75, 3.05) is 13.2 Å². The second-order valence-corrected chi connectivity index (χ2v) is 20.7. The third kappa shape index (κ3) is 52.1. The molecule has 6 heteroatoms. The molecule has 0 aromatic rings. The third-order valence-corrected chi connectivity index (χ3v) is 14.2. The Morgan fingerprint density at radius 2 is 0.631 bits per heavy atom. The molecule has 0 aliphatic carbocycles. The van der Waals surface area contributed by atoms with E-state index in [0.717, 1.165) is 38.5 Å². The average Bonchev–Trinajstić information content (AvgIpc) is 3.31. The van der Waals surface area contributed by atoms with Crippen LogP contribution in [-0.2, 0) is 14.3 Å². The van der Waals surface area contributed by atoms with Gasteiger partial charge in [0.15, 0.2) is 0 Å². The Labute approximate surface area is 406 Å². The van der Waals surface area contributed by atoms with Crippen molar-refractivity contribution in [1.29, 1.82) is 0 Å². The summed E-state index contributed by atoms with van der Waals surface area (Å²) in [5, 5.41) is 23.1. The van der Waals surface area contributed by atoms with Crippen LogP contribution in [0.15, 0.2) is 0 Å². The van der Waals surface area contributed by atoms with Gasteiger partial charge in [0.2, 0.25) is 5.91 Å². The molecule has 0 fully saturated rings. The number of carbonyl (C=O) groups is 2. The number of amides is 1. The highest BCUT2D eigenvalue weighted by Crippen LogP contribution is 2.18. The largest absolute Gasteiger partial charge is 0.466 e. The highest BCUT2D eigenvalue weighted by molar-refractivity contribution is 5.76. The van der Waals surface area contributed by atoms with Gasteiger partial charge in [-0.2, -0.15) is 0 Å². The second-order valence-electron chi connectivity index (χ2n) is 20.7. The van der Waals surface area contributed by atoms with Gasteiger partial charge >= 0.3 is 5.97 Å². The van der Waals surface area contributed by atoms with Crippen LogP contribution in [0.1, 0.15) is 341 Å². The number of hydrogen-bond donors (Lipinski definition) is 3.